The third kappa shape index (κ3) is 1.92. The normalized spacial score (nSPS) is 16.0. The predicted molar refractivity (Wildman–Crippen MR) is 62.1 cm³/mol. The first kappa shape index (κ1) is 10.7. The Balaban J connectivity index is 2.33. The van der Waals surface area contributed by atoms with E-state index in [1.165, 1.54) is 0 Å². The number of anilines is 1. The molecule has 2 rings (SSSR count). The fourth-order valence-electron chi connectivity index (χ4n) is 2.09. The van der Waals surface area contributed by atoms with E-state index in [2.05, 4.69) is 6.07 Å². The molecule has 1 heterocycles. The number of nitriles is 1. The molecule has 1 amide bonds. The van der Waals surface area contributed by atoms with Crippen molar-refractivity contribution in [3.63, 3.8) is 0 Å². The number of hydrogen-bond acceptors (Lipinski definition) is 2. The zero-order valence-electron chi connectivity index (χ0n) is 9.36. The van der Waals surface area contributed by atoms with Crippen LogP contribution in [0.4, 0.5) is 5.69 Å². The minimum atomic E-state index is 0.194. The molecule has 3 heteroatoms. The van der Waals surface area contributed by atoms with Crippen LogP contribution in [-0.2, 0) is 4.79 Å². The van der Waals surface area contributed by atoms with E-state index in [4.69, 9.17) is 5.26 Å². The summed E-state index contributed by atoms with van der Waals surface area (Å²) in [5.41, 5.74) is 2.59. The van der Waals surface area contributed by atoms with E-state index >= 15 is 0 Å². The van der Waals surface area contributed by atoms with Gasteiger partial charge in [-0.3, -0.25) is 4.79 Å². The number of piperidine rings is 1. The van der Waals surface area contributed by atoms with E-state index in [0.29, 0.717) is 12.0 Å². The molecular formula is C13H14N2O. The van der Waals surface area contributed by atoms with Gasteiger partial charge in [0, 0.05) is 18.7 Å². The lowest BCUT2D eigenvalue weighted by Crippen LogP contribution is -2.35. The van der Waals surface area contributed by atoms with E-state index in [1.807, 2.05) is 24.0 Å². The topological polar surface area (TPSA) is 44.1 Å². The van der Waals surface area contributed by atoms with Crippen molar-refractivity contribution in [2.24, 2.45) is 0 Å². The van der Waals surface area contributed by atoms with Crippen molar-refractivity contribution < 1.29 is 4.79 Å². The Kier molecular flexibility index (Phi) is 2.91. The van der Waals surface area contributed by atoms with Crippen molar-refractivity contribution in [3.05, 3.63) is 29.3 Å². The lowest BCUT2D eigenvalue weighted by molar-refractivity contribution is -0.119. The van der Waals surface area contributed by atoms with Crippen LogP contribution in [0.2, 0.25) is 0 Å². The highest BCUT2D eigenvalue weighted by Crippen LogP contribution is 2.25. The second kappa shape index (κ2) is 4.36. The first-order chi connectivity index (χ1) is 7.72. The molecule has 0 saturated carbocycles. The molecule has 0 radical (unpaired) electrons. The zero-order valence-corrected chi connectivity index (χ0v) is 9.36. The number of nitrogens with zero attached hydrogens (tertiary/aromatic N) is 2. The highest BCUT2D eigenvalue weighted by molar-refractivity contribution is 5.94. The summed E-state index contributed by atoms with van der Waals surface area (Å²) < 4.78 is 0. The molecular weight excluding hydrogens is 200 g/mol. The SMILES string of the molecule is Cc1cc(C#N)ccc1N1CCCCC1=O. The number of benzene rings is 1. The Labute approximate surface area is 95.3 Å². The second-order valence-electron chi connectivity index (χ2n) is 4.12. The van der Waals surface area contributed by atoms with Crippen LogP contribution in [0.15, 0.2) is 18.2 Å². The predicted octanol–water partition coefficient (Wildman–Crippen LogP) is 2.38. The van der Waals surface area contributed by atoms with E-state index in [1.54, 1.807) is 6.07 Å². The standard InChI is InChI=1S/C13H14N2O/c1-10-8-11(9-14)5-6-12(10)15-7-3-2-4-13(15)16/h5-6,8H,2-4,7H2,1H3. The summed E-state index contributed by atoms with van der Waals surface area (Å²) in [6, 6.07) is 7.58. The molecule has 0 aliphatic carbocycles. The minimum absolute atomic E-state index is 0.194. The fraction of sp³-hybridized carbons (Fsp3) is 0.385. The van der Waals surface area contributed by atoms with Crippen LogP contribution in [0, 0.1) is 18.3 Å². The van der Waals surface area contributed by atoms with Gasteiger partial charge in [-0.2, -0.15) is 5.26 Å². The molecule has 0 aromatic heterocycles. The molecule has 1 aromatic carbocycles. The highest BCUT2D eigenvalue weighted by atomic mass is 16.2. The average Bonchev–Trinajstić information content (AvgIpc) is 2.30. The van der Waals surface area contributed by atoms with Gasteiger partial charge in [0.2, 0.25) is 5.91 Å². The number of hydrogen-bond donors (Lipinski definition) is 0. The largest absolute Gasteiger partial charge is 0.312 e. The summed E-state index contributed by atoms with van der Waals surface area (Å²) in [4.78, 5) is 13.6. The molecule has 0 bridgehead atoms. The van der Waals surface area contributed by atoms with Gasteiger partial charge >= 0.3 is 0 Å². The summed E-state index contributed by atoms with van der Waals surface area (Å²) in [5, 5.41) is 8.78. The van der Waals surface area contributed by atoms with Crippen molar-refractivity contribution in [1.82, 2.24) is 0 Å². The van der Waals surface area contributed by atoms with Crippen molar-refractivity contribution >= 4 is 11.6 Å². The molecule has 0 unspecified atom stereocenters. The molecule has 3 nitrogen and oxygen atoms in total. The Hall–Kier alpha value is -1.82. The summed E-state index contributed by atoms with van der Waals surface area (Å²) >= 11 is 0. The quantitative estimate of drug-likeness (QED) is 0.720. The molecule has 1 fully saturated rings. The third-order valence-electron chi connectivity index (χ3n) is 2.94. The van der Waals surface area contributed by atoms with Crippen LogP contribution in [-0.4, -0.2) is 12.5 Å². The van der Waals surface area contributed by atoms with E-state index in [0.717, 1.165) is 30.6 Å². The van der Waals surface area contributed by atoms with Gasteiger partial charge in [0.25, 0.3) is 0 Å². The summed E-state index contributed by atoms with van der Waals surface area (Å²) in [7, 11) is 0. The molecule has 1 aliphatic heterocycles. The lowest BCUT2D eigenvalue weighted by Gasteiger charge is -2.28. The molecule has 1 aliphatic rings. The monoisotopic (exact) mass is 214 g/mol. The maximum absolute atomic E-state index is 11.8. The summed E-state index contributed by atoms with van der Waals surface area (Å²) in [5.74, 6) is 0.194. The van der Waals surface area contributed by atoms with Crippen LogP contribution in [0.1, 0.15) is 30.4 Å². The Bertz CT molecular complexity index is 459. The van der Waals surface area contributed by atoms with Crippen LogP contribution in [0.3, 0.4) is 0 Å². The average molecular weight is 214 g/mol. The molecule has 0 N–H and O–H groups in total. The molecule has 0 atom stereocenters. The van der Waals surface area contributed by atoms with Gasteiger partial charge in [0.15, 0.2) is 0 Å². The van der Waals surface area contributed by atoms with Gasteiger partial charge < -0.3 is 4.90 Å². The van der Waals surface area contributed by atoms with E-state index in [9.17, 15) is 4.79 Å². The van der Waals surface area contributed by atoms with Crippen molar-refractivity contribution in [1.29, 1.82) is 5.26 Å². The van der Waals surface area contributed by atoms with Gasteiger partial charge in [-0.15, -0.1) is 0 Å². The van der Waals surface area contributed by atoms with E-state index < -0.39 is 0 Å². The lowest BCUT2D eigenvalue weighted by atomic mass is 10.1. The summed E-state index contributed by atoms with van der Waals surface area (Å²) in [6.07, 6.45) is 2.69. The van der Waals surface area contributed by atoms with Crippen LogP contribution >= 0.6 is 0 Å². The molecule has 1 saturated heterocycles. The second-order valence-corrected chi connectivity index (χ2v) is 4.12. The third-order valence-corrected chi connectivity index (χ3v) is 2.94. The first-order valence-corrected chi connectivity index (χ1v) is 5.53. The van der Waals surface area contributed by atoms with Crippen molar-refractivity contribution in [2.45, 2.75) is 26.2 Å². The Morgan fingerprint density at radius 3 is 2.81 bits per heavy atom. The number of rotatable bonds is 1. The van der Waals surface area contributed by atoms with Crippen molar-refractivity contribution in [3.8, 4) is 6.07 Å². The summed E-state index contributed by atoms with van der Waals surface area (Å²) in [6.45, 7) is 2.74. The fourth-order valence-corrected chi connectivity index (χ4v) is 2.09. The molecule has 1 aromatic rings. The minimum Gasteiger partial charge on any atom is -0.312 e. The Morgan fingerprint density at radius 1 is 1.38 bits per heavy atom. The molecule has 82 valence electrons. The first-order valence-electron chi connectivity index (χ1n) is 5.53. The highest BCUT2D eigenvalue weighted by Gasteiger charge is 2.20. The van der Waals surface area contributed by atoms with Crippen LogP contribution in [0.25, 0.3) is 0 Å². The van der Waals surface area contributed by atoms with Gasteiger partial charge in [-0.05, 0) is 43.5 Å². The van der Waals surface area contributed by atoms with Crippen LogP contribution < -0.4 is 4.90 Å². The van der Waals surface area contributed by atoms with Gasteiger partial charge in [-0.1, -0.05) is 0 Å². The maximum Gasteiger partial charge on any atom is 0.226 e. The Morgan fingerprint density at radius 2 is 2.19 bits per heavy atom. The smallest absolute Gasteiger partial charge is 0.226 e. The number of amides is 1. The van der Waals surface area contributed by atoms with Gasteiger partial charge in [0.05, 0.1) is 11.6 Å². The van der Waals surface area contributed by atoms with Gasteiger partial charge in [-0.25, -0.2) is 0 Å². The van der Waals surface area contributed by atoms with E-state index in [-0.39, 0.29) is 5.91 Å². The number of carbonyl (C=O) groups excluding carboxylic acids is 1. The number of aryl methyl sites for hydroxylation is 1. The molecule has 16 heavy (non-hydrogen) atoms. The zero-order chi connectivity index (χ0) is 11.5. The van der Waals surface area contributed by atoms with Gasteiger partial charge in [0.1, 0.15) is 0 Å². The maximum atomic E-state index is 11.8. The number of carbonyl (C=O) groups is 1. The van der Waals surface area contributed by atoms with Crippen LogP contribution in [0.5, 0.6) is 0 Å². The molecule has 0 spiro atoms. The van der Waals surface area contributed by atoms with Crippen molar-refractivity contribution in [2.75, 3.05) is 11.4 Å².